The fourth-order valence-electron chi connectivity index (χ4n) is 1.59. The smallest absolute Gasteiger partial charge is 0.234 e. The molecule has 0 aliphatic carbocycles. The van der Waals surface area contributed by atoms with Gasteiger partial charge in [0.25, 0.3) is 0 Å². The van der Waals surface area contributed by atoms with Crippen molar-refractivity contribution < 1.29 is 13.2 Å². The molecule has 0 saturated heterocycles. The summed E-state index contributed by atoms with van der Waals surface area (Å²) in [5, 5.41) is 6.69. The number of methoxy groups -OCH3 is 1. The van der Waals surface area contributed by atoms with Gasteiger partial charge in [0.2, 0.25) is 10.0 Å². The Hall–Kier alpha value is -1.86. The molecule has 1 aromatic heterocycles. The van der Waals surface area contributed by atoms with Gasteiger partial charge in [-0.15, -0.1) is 0 Å². The molecule has 0 amide bonds. The Morgan fingerprint density at radius 3 is 2.89 bits per heavy atom. The maximum atomic E-state index is 11.7. The van der Waals surface area contributed by atoms with E-state index in [1.807, 2.05) is 12.1 Å². The van der Waals surface area contributed by atoms with Gasteiger partial charge >= 0.3 is 0 Å². The van der Waals surface area contributed by atoms with Crippen molar-refractivity contribution in [1.29, 1.82) is 0 Å². The average Bonchev–Trinajstić information content (AvgIpc) is 2.90. The molecule has 6 nitrogen and oxygen atoms in total. The largest absolute Gasteiger partial charge is 0.384 e. The van der Waals surface area contributed by atoms with Crippen molar-refractivity contribution >= 4 is 15.7 Å². The fraction of sp³-hybridized carbons (Fsp3) is 0.250. The van der Waals surface area contributed by atoms with E-state index in [9.17, 15) is 8.42 Å². The highest BCUT2D eigenvalue weighted by Gasteiger charge is 2.10. The number of ether oxygens (including phenoxy) is 1. The van der Waals surface area contributed by atoms with E-state index in [4.69, 9.17) is 4.74 Å². The molecule has 0 aliphatic rings. The number of nitrogens with zero attached hydrogens (tertiary/aromatic N) is 1. The summed E-state index contributed by atoms with van der Waals surface area (Å²) >= 11 is 0. The lowest BCUT2D eigenvalue weighted by Gasteiger charge is -2.08. The van der Waals surface area contributed by atoms with Crippen LogP contribution in [0.5, 0.6) is 0 Å². The van der Waals surface area contributed by atoms with Crippen LogP contribution in [0.2, 0.25) is 0 Å². The Morgan fingerprint density at radius 2 is 2.21 bits per heavy atom. The van der Waals surface area contributed by atoms with E-state index in [0.29, 0.717) is 5.69 Å². The van der Waals surface area contributed by atoms with E-state index in [0.717, 1.165) is 11.3 Å². The van der Waals surface area contributed by atoms with Crippen molar-refractivity contribution in [3.63, 3.8) is 0 Å². The van der Waals surface area contributed by atoms with Crippen molar-refractivity contribution in [2.75, 3.05) is 24.2 Å². The van der Waals surface area contributed by atoms with Crippen LogP contribution in [0.15, 0.2) is 36.5 Å². The topological polar surface area (TPSA) is 84.1 Å². The quantitative estimate of drug-likeness (QED) is 0.839. The average molecular weight is 281 g/mol. The number of H-pyrrole nitrogens is 1. The van der Waals surface area contributed by atoms with Crippen molar-refractivity contribution in [3.8, 4) is 11.3 Å². The standard InChI is InChI=1S/C12H15N3O3S/c1-18-7-8-19(16,17)15-11-4-2-3-10(9-11)12-5-6-13-14-12/h2-6,9,15H,7-8H2,1H3,(H,13,14). The summed E-state index contributed by atoms with van der Waals surface area (Å²) in [5.41, 5.74) is 2.21. The molecule has 2 rings (SSSR count). The molecule has 1 aromatic carbocycles. The van der Waals surface area contributed by atoms with Gasteiger partial charge in [-0.25, -0.2) is 8.42 Å². The van der Waals surface area contributed by atoms with Crippen LogP contribution in [-0.2, 0) is 14.8 Å². The molecule has 1 heterocycles. The Kier molecular flexibility index (Phi) is 4.18. The lowest BCUT2D eigenvalue weighted by molar-refractivity contribution is 0.217. The number of rotatable bonds is 6. The molecule has 0 unspecified atom stereocenters. The third-order valence-corrected chi connectivity index (χ3v) is 3.75. The summed E-state index contributed by atoms with van der Waals surface area (Å²) in [7, 11) is -1.92. The minimum atomic E-state index is -3.38. The van der Waals surface area contributed by atoms with E-state index in [-0.39, 0.29) is 12.4 Å². The van der Waals surface area contributed by atoms with Crippen molar-refractivity contribution in [2.24, 2.45) is 0 Å². The number of nitrogens with one attached hydrogen (secondary N) is 2. The SMILES string of the molecule is COCCS(=O)(=O)Nc1cccc(-c2ccn[nH]2)c1. The van der Waals surface area contributed by atoms with Crippen LogP contribution in [0.25, 0.3) is 11.3 Å². The monoisotopic (exact) mass is 281 g/mol. The first-order chi connectivity index (χ1) is 9.11. The summed E-state index contributed by atoms with van der Waals surface area (Å²) in [6.07, 6.45) is 1.64. The van der Waals surface area contributed by atoms with Crippen molar-refractivity contribution in [1.82, 2.24) is 10.2 Å². The number of hydrogen-bond donors (Lipinski definition) is 2. The lowest BCUT2D eigenvalue weighted by atomic mass is 10.1. The third kappa shape index (κ3) is 3.80. The van der Waals surface area contributed by atoms with E-state index in [2.05, 4.69) is 14.9 Å². The van der Waals surface area contributed by atoms with Crippen LogP contribution in [0.3, 0.4) is 0 Å². The zero-order valence-corrected chi connectivity index (χ0v) is 11.3. The molecule has 102 valence electrons. The van der Waals surface area contributed by atoms with Crippen molar-refractivity contribution in [3.05, 3.63) is 36.5 Å². The highest BCUT2D eigenvalue weighted by molar-refractivity contribution is 7.92. The molecule has 0 saturated carbocycles. The molecule has 2 N–H and O–H groups in total. The predicted octanol–water partition coefficient (Wildman–Crippen LogP) is 1.46. The summed E-state index contributed by atoms with van der Waals surface area (Å²) in [5.74, 6) is -0.0716. The minimum Gasteiger partial charge on any atom is -0.384 e. The Bertz CT molecular complexity index is 623. The first kappa shape index (κ1) is 13.6. The maximum Gasteiger partial charge on any atom is 0.234 e. The van der Waals surface area contributed by atoms with Crippen LogP contribution in [-0.4, -0.2) is 38.1 Å². The second kappa shape index (κ2) is 5.85. The van der Waals surface area contributed by atoms with Gasteiger partial charge < -0.3 is 4.74 Å². The molecular weight excluding hydrogens is 266 g/mol. The normalized spacial score (nSPS) is 11.4. The molecule has 0 fully saturated rings. The maximum absolute atomic E-state index is 11.7. The first-order valence-electron chi connectivity index (χ1n) is 5.70. The predicted molar refractivity (Wildman–Crippen MR) is 73.3 cm³/mol. The van der Waals surface area contributed by atoms with Crippen LogP contribution in [0.1, 0.15) is 0 Å². The molecule has 0 aliphatic heterocycles. The highest BCUT2D eigenvalue weighted by atomic mass is 32.2. The number of anilines is 1. The van der Waals surface area contributed by atoms with Gasteiger partial charge in [0, 0.05) is 24.6 Å². The zero-order valence-electron chi connectivity index (χ0n) is 10.5. The van der Waals surface area contributed by atoms with Crippen LogP contribution < -0.4 is 4.72 Å². The summed E-state index contributed by atoms with van der Waals surface area (Å²) < 4.78 is 30.8. The van der Waals surface area contributed by atoms with Crippen molar-refractivity contribution in [2.45, 2.75) is 0 Å². The number of aromatic amines is 1. The molecule has 0 radical (unpaired) electrons. The van der Waals surface area contributed by atoms with Gasteiger partial charge in [-0.3, -0.25) is 9.82 Å². The van der Waals surface area contributed by atoms with E-state index < -0.39 is 10.0 Å². The zero-order chi connectivity index (χ0) is 13.7. The van der Waals surface area contributed by atoms with E-state index in [1.54, 1.807) is 24.4 Å². The molecule has 0 spiro atoms. The van der Waals surface area contributed by atoms with Gasteiger partial charge in [-0.2, -0.15) is 5.10 Å². The van der Waals surface area contributed by atoms with Gasteiger partial charge in [0.05, 0.1) is 18.1 Å². The highest BCUT2D eigenvalue weighted by Crippen LogP contribution is 2.20. The van der Waals surface area contributed by atoms with Gasteiger partial charge in [0.1, 0.15) is 0 Å². The van der Waals surface area contributed by atoms with Crippen LogP contribution in [0.4, 0.5) is 5.69 Å². The second-order valence-electron chi connectivity index (χ2n) is 3.96. The molecule has 0 atom stereocenters. The third-order valence-electron chi connectivity index (χ3n) is 2.50. The number of aromatic nitrogens is 2. The number of benzene rings is 1. The first-order valence-corrected chi connectivity index (χ1v) is 7.35. The van der Waals surface area contributed by atoms with Gasteiger partial charge in [-0.1, -0.05) is 12.1 Å². The summed E-state index contributed by atoms with van der Waals surface area (Å²) in [4.78, 5) is 0. The Labute approximate surface area is 111 Å². The summed E-state index contributed by atoms with van der Waals surface area (Å²) in [6.45, 7) is 0.162. The van der Waals surface area contributed by atoms with Gasteiger partial charge in [-0.05, 0) is 18.2 Å². The molecular formula is C12H15N3O3S. The van der Waals surface area contributed by atoms with Gasteiger partial charge in [0.15, 0.2) is 0 Å². The molecule has 19 heavy (non-hydrogen) atoms. The minimum absolute atomic E-state index is 0.0716. The molecule has 0 bridgehead atoms. The summed E-state index contributed by atoms with van der Waals surface area (Å²) in [6, 6.07) is 8.92. The van der Waals surface area contributed by atoms with E-state index in [1.165, 1.54) is 7.11 Å². The van der Waals surface area contributed by atoms with Crippen LogP contribution in [0, 0.1) is 0 Å². The van der Waals surface area contributed by atoms with E-state index >= 15 is 0 Å². The molecule has 2 aromatic rings. The Morgan fingerprint density at radius 1 is 1.37 bits per heavy atom. The van der Waals surface area contributed by atoms with Crippen LogP contribution >= 0.6 is 0 Å². The lowest BCUT2D eigenvalue weighted by Crippen LogP contribution is -2.19. The number of sulfonamides is 1. The number of hydrogen-bond acceptors (Lipinski definition) is 4. The second-order valence-corrected chi connectivity index (χ2v) is 5.81. The molecule has 7 heteroatoms. The fourth-order valence-corrected chi connectivity index (χ4v) is 2.56. The Balaban J connectivity index is 2.16.